The predicted octanol–water partition coefficient (Wildman–Crippen LogP) is 6.26. The second-order valence-corrected chi connectivity index (χ2v) is 8.07. The molecule has 0 saturated carbocycles. The summed E-state index contributed by atoms with van der Waals surface area (Å²) >= 11 is 13.8. The summed E-state index contributed by atoms with van der Waals surface area (Å²) in [5.41, 5.74) is 1.93. The van der Waals surface area contributed by atoms with Crippen LogP contribution in [0.1, 0.15) is 10.4 Å². The van der Waals surface area contributed by atoms with E-state index in [4.69, 9.17) is 21.1 Å². The molecule has 0 spiro atoms. The fourth-order valence-corrected chi connectivity index (χ4v) is 3.66. The van der Waals surface area contributed by atoms with E-state index in [1.807, 2.05) is 6.07 Å². The van der Waals surface area contributed by atoms with Crippen molar-refractivity contribution in [2.45, 2.75) is 0 Å². The summed E-state index contributed by atoms with van der Waals surface area (Å²) < 4.78 is 12.3. The molecule has 0 radical (unpaired) electrons. The number of nitrogens with zero attached hydrogens (tertiary/aromatic N) is 1. The van der Waals surface area contributed by atoms with Crippen molar-refractivity contribution in [1.82, 2.24) is 0 Å². The molecule has 0 aliphatic heterocycles. The molecule has 2 N–H and O–H groups in total. The van der Waals surface area contributed by atoms with Gasteiger partial charge in [-0.25, -0.2) is 9.10 Å². The van der Waals surface area contributed by atoms with Gasteiger partial charge in [0.05, 0.1) is 36.2 Å². The van der Waals surface area contributed by atoms with E-state index in [2.05, 4.69) is 39.4 Å². The third kappa shape index (κ3) is 5.48. The summed E-state index contributed by atoms with van der Waals surface area (Å²) in [5.74, 6) is 0.546. The number of carbonyl (C=O) groups excluding carboxylic acids is 2. The smallest absolute Gasteiger partial charge is 0.336 e. The number of amides is 3. The summed E-state index contributed by atoms with van der Waals surface area (Å²) in [6, 6.07) is 16.3. The SMILES string of the molecule is COc1cc(OC)c(NC(=O)N(S)c2ccc(NC(=O)c3ccccc3Br)cc2)cc1Cl. The molecule has 32 heavy (non-hydrogen) atoms. The number of ether oxygens (including phenoxy) is 2. The van der Waals surface area contributed by atoms with E-state index in [-0.39, 0.29) is 5.91 Å². The normalized spacial score (nSPS) is 10.3. The van der Waals surface area contributed by atoms with Crippen LogP contribution in [0.5, 0.6) is 11.5 Å². The summed E-state index contributed by atoms with van der Waals surface area (Å²) in [7, 11) is 2.96. The first-order valence-electron chi connectivity index (χ1n) is 9.21. The molecule has 0 aliphatic carbocycles. The van der Waals surface area contributed by atoms with Gasteiger partial charge in [-0.15, -0.1) is 0 Å². The Morgan fingerprint density at radius 1 is 0.969 bits per heavy atom. The van der Waals surface area contributed by atoms with Gasteiger partial charge in [0.15, 0.2) is 0 Å². The number of methoxy groups -OCH3 is 2. The fourth-order valence-electron chi connectivity index (χ4n) is 2.77. The van der Waals surface area contributed by atoms with Gasteiger partial charge in [0.1, 0.15) is 11.5 Å². The van der Waals surface area contributed by atoms with Crippen LogP contribution in [0.2, 0.25) is 5.02 Å². The molecule has 0 atom stereocenters. The van der Waals surface area contributed by atoms with E-state index in [0.29, 0.717) is 43.6 Å². The van der Waals surface area contributed by atoms with Crippen LogP contribution in [0.15, 0.2) is 65.1 Å². The summed E-state index contributed by atoms with van der Waals surface area (Å²) in [5, 5.41) is 5.83. The molecule has 10 heteroatoms. The lowest BCUT2D eigenvalue weighted by atomic mass is 10.2. The number of hydrogen-bond donors (Lipinski definition) is 3. The molecule has 166 valence electrons. The number of hydrogen-bond acceptors (Lipinski definition) is 5. The Hall–Kier alpha value is -2.88. The third-order valence-corrected chi connectivity index (χ3v) is 5.80. The minimum atomic E-state index is -0.530. The van der Waals surface area contributed by atoms with Crippen molar-refractivity contribution in [3.63, 3.8) is 0 Å². The number of carbonyl (C=O) groups is 2. The van der Waals surface area contributed by atoms with Gasteiger partial charge in [0, 0.05) is 16.2 Å². The zero-order valence-electron chi connectivity index (χ0n) is 17.1. The Kier molecular flexibility index (Phi) is 7.89. The molecule has 0 bridgehead atoms. The molecule has 3 amide bonds. The Morgan fingerprint density at radius 2 is 1.62 bits per heavy atom. The predicted molar refractivity (Wildman–Crippen MR) is 134 cm³/mol. The number of urea groups is 1. The molecule has 0 heterocycles. The van der Waals surface area contributed by atoms with Crippen molar-refractivity contribution in [3.05, 3.63) is 75.7 Å². The lowest BCUT2D eigenvalue weighted by Gasteiger charge is -2.19. The minimum absolute atomic E-state index is 0.255. The maximum absolute atomic E-state index is 12.7. The molecule has 0 aliphatic rings. The highest BCUT2D eigenvalue weighted by Gasteiger charge is 2.17. The fraction of sp³-hybridized carbons (Fsp3) is 0.0909. The van der Waals surface area contributed by atoms with Crippen molar-refractivity contribution >= 4 is 69.3 Å². The lowest BCUT2D eigenvalue weighted by Crippen LogP contribution is -2.27. The lowest BCUT2D eigenvalue weighted by molar-refractivity contribution is 0.102. The van der Waals surface area contributed by atoms with Crippen LogP contribution >= 0.6 is 40.3 Å². The number of thiol groups is 1. The van der Waals surface area contributed by atoms with Crippen LogP contribution in [-0.4, -0.2) is 26.2 Å². The van der Waals surface area contributed by atoms with Crippen molar-refractivity contribution in [1.29, 1.82) is 0 Å². The van der Waals surface area contributed by atoms with Crippen LogP contribution in [0, 0.1) is 0 Å². The summed E-state index contributed by atoms with van der Waals surface area (Å²) in [4.78, 5) is 25.1. The maximum atomic E-state index is 12.7. The molecule has 0 saturated heterocycles. The minimum Gasteiger partial charge on any atom is -0.495 e. The first-order valence-corrected chi connectivity index (χ1v) is 10.8. The number of anilines is 3. The van der Waals surface area contributed by atoms with Gasteiger partial charge in [-0.05, 0) is 58.4 Å². The van der Waals surface area contributed by atoms with E-state index >= 15 is 0 Å². The molecule has 7 nitrogen and oxygen atoms in total. The van der Waals surface area contributed by atoms with Crippen LogP contribution in [0.4, 0.5) is 21.9 Å². The Morgan fingerprint density at radius 3 is 2.25 bits per heavy atom. The monoisotopic (exact) mass is 535 g/mol. The Balaban J connectivity index is 1.70. The van der Waals surface area contributed by atoms with Gasteiger partial charge in [-0.2, -0.15) is 0 Å². The average molecular weight is 537 g/mol. The van der Waals surface area contributed by atoms with Crippen molar-refractivity contribution in [3.8, 4) is 11.5 Å². The molecule has 3 aromatic rings. The molecule has 3 aromatic carbocycles. The van der Waals surface area contributed by atoms with Crippen LogP contribution < -0.4 is 24.4 Å². The highest BCUT2D eigenvalue weighted by Crippen LogP contribution is 2.36. The van der Waals surface area contributed by atoms with Gasteiger partial charge in [0.25, 0.3) is 5.91 Å². The van der Waals surface area contributed by atoms with Crippen molar-refractivity contribution in [2.24, 2.45) is 0 Å². The van der Waals surface area contributed by atoms with Crippen LogP contribution in [0.3, 0.4) is 0 Å². The van der Waals surface area contributed by atoms with E-state index in [1.54, 1.807) is 48.5 Å². The van der Waals surface area contributed by atoms with E-state index < -0.39 is 6.03 Å². The largest absolute Gasteiger partial charge is 0.495 e. The van der Waals surface area contributed by atoms with Crippen molar-refractivity contribution in [2.75, 3.05) is 29.2 Å². The molecule has 0 unspecified atom stereocenters. The van der Waals surface area contributed by atoms with Gasteiger partial charge in [0.2, 0.25) is 0 Å². The van der Waals surface area contributed by atoms with E-state index in [0.717, 1.165) is 4.31 Å². The third-order valence-electron chi connectivity index (χ3n) is 4.40. The molecule has 0 aromatic heterocycles. The number of halogens is 2. The molecular weight excluding hydrogens is 518 g/mol. The van der Waals surface area contributed by atoms with Crippen LogP contribution in [0.25, 0.3) is 0 Å². The highest BCUT2D eigenvalue weighted by atomic mass is 79.9. The number of benzene rings is 3. The van der Waals surface area contributed by atoms with E-state index in [1.165, 1.54) is 20.3 Å². The highest BCUT2D eigenvalue weighted by molar-refractivity contribution is 9.10. The second-order valence-electron chi connectivity index (χ2n) is 6.41. The standard InChI is InChI=1S/C22H19BrClN3O4S/c1-30-19-12-20(31-2)18(11-17(19)24)26-22(29)27(32)14-9-7-13(8-10-14)25-21(28)15-5-3-4-6-16(15)23/h3-12,32H,1-2H3,(H,25,28)(H,26,29). The topological polar surface area (TPSA) is 79.9 Å². The number of nitrogens with one attached hydrogen (secondary N) is 2. The maximum Gasteiger partial charge on any atom is 0.336 e. The molecule has 0 fully saturated rings. The molecular formula is C22H19BrClN3O4S. The first kappa shape index (κ1) is 23.8. The zero-order valence-corrected chi connectivity index (χ0v) is 20.3. The second kappa shape index (κ2) is 10.6. The summed E-state index contributed by atoms with van der Waals surface area (Å²) in [6.07, 6.45) is 0. The Labute approximate surface area is 204 Å². The van der Waals surface area contributed by atoms with Crippen molar-refractivity contribution < 1.29 is 19.1 Å². The molecule has 3 rings (SSSR count). The first-order chi connectivity index (χ1) is 15.3. The quantitative estimate of drug-likeness (QED) is 0.325. The van der Waals surface area contributed by atoms with Crippen LogP contribution in [-0.2, 0) is 0 Å². The van der Waals surface area contributed by atoms with Gasteiger partial charge in [-0.3, -0.25) is 4.79 Å². The Bertz CT molecular complexity index is 1140. The van der Waals surface area contributed by atoms with E-state index in [9.17, 15) is 9.59 Å². The average Bonchev–Trinajstić information content (AvgIpc) is 2.79. The van der Waals surface area contributed by atoms with Gasteiger partial charge >= 0.3 is 6.03 Å². The van der Waals surface area contributed by atoms with Gasteiger partial charge < -0.3 is 20.1 Å². The number of rotatable bonds is 6. The van der Waals surface area contributed by atoms with Gasteiger partial charge in [-0.1, -0.05) is 36.5 Å². The zero-order chi connectivity index (χ0) is 23.3. The summed E-state index contributed by atoms with van der Waals surface area (Å²) in [6.45, 7) is 0.